The van der Waals surface area contributed by atoms with Crippen LogP contribution in [0, 0.1) is 13.8 Å². The first-order valence-electron chi connectivity index (χ1n) is 6.16. The lowest BCUT2D eigenvalue weighted by Crippen LogP contribution is -2.29. The number of rotatable bonds is 3. The number of nitrogens with zero attached hydrogens (tertiary/aromatic N) is 1. The molecule has 0 spiro atoms. The number of hydrogen-bond donors (Lipinski definition) is 0. The zero-order valence-electron chi connectivity index (χ0n) is 11.3. The molecular formula is C13H18BrNO3S. The average molecular weight is 348 g/mol. The molecule has 6 heteroatoms. The minimum Gasteiger partial charge on any atom is -0.489 e. The summed E-state index contributed by atoms with van der Waals surface area (Å²) in [6, 6.07) is 3.94. The van der Waals surface area contributed by atoms with Gasteiger partial charge < -0.3 is 4.74 Å². The second-order valence-electron chi connectivity index (χ2n) is 5.02. The summed E-state index contributed by atoms with van der Waals surface area (Å²) in [6.45, 7) is 5.01. The van der Waals surface area contributed by atoms with Crippen molar-refractivity contribution in [3.8, 4) is 5.75 Å². The summed E-state index contributed by atoms with van der Waals surface area (Å²) in [5, 5.41) is 0. The van der Waals surface area contributed by atoms with Gasteiger partial charge in [0.1, 0.15) is 11.9 Å². The van der Waals surface area contributed by atoms with Gasteiger partial charge >= 0.3 is 0 Å². The highest BCUT2D eigenvalue weighted by Gasteiger charge is 2.29. The van der Waals surface area contributed by atoms with E-state index in [1.165, 1.54) is 10.6 Å². The molecule has 19 heavy (non-hydrogen) atoms. The average Bonchev–Trinajstić information content (AvgIpc) is 2.74. The minimum atomic E-state index is -3.10. The van der Waals surface area contributed by atoms with E-state index in [4.69, 9.17) is 4.74 Å². The van der Waals surface area contributed by atoms with Crippen LogP contribution in [0.3, 0.4) is 0 Å². The molecule has 106 valence electrons. The number of ether oxygens (including phenoxy) is 1. The molecule has 0 aliphatic carbocycles. The molecule has 1 aromatic carbocycles. The van der Waals surface area contributed by atoms with Crippen LogP contribution in [0.5, 0.6) is 5.75 Å². The first-order valence-corrected chi connectivity index (χ1v) is 8.80. The molecule has 1 aromatic rings. The van der Waals surface area contributed by atoms with E-state index in [1.807, 2.05) is 26.0 Å². The molecule has 1 aliphatic rings. The Morgan fingerprint density at radius 1 is 1.32 bits per heavy atom. The van der Waals surface area contributed by atoms with Crippen LogP contribution in [-0.2, 0) is 10.0 Å². The Labute approximate surface area is 122 Å². The molecule has 1 fully saturated rings. The fourth-order valence-corrected chi connectivity index (χ4v) is 3.36. The number of benzene rings is 1. The van der Waals surface area contributed by atoms with Gasteiger partial charge in [0.05, 0.1) is 12.8 Å². The maximum Gasteiger partial charge on any atom is 0.211 e. The summed E-state index contributed by atoms with van der Waals surface area (Å²) in [4.78, 5) is 0. The van der Waals surface area contributed by atoms with Crippen molar-refractivity contribution < 1.29 is 13.2 Å². The van der Waals surface area contributed by atoms with Gasteiger partial charge in [-0.05, 0) is 43.5 Å². The van der Waals surface area contributed by atoms with Crippen LogP contribution in [0.4, 0.5) is 0 Å². The van der Waals surface area contributed by atoms with E-state index >= 15 is 0 Å². The molecule has 0 bridgehead atoms. The predicted octanol–water partition coefficient (Wildman–Crippen LogP) is 2.48. The highest BCUT2D eigenvalue weighted by Crippen LogP contribution is 2.28. The third kappa shape index (κ3) is 3.49. The van der Waals surface area contributed by atoms with Crippen molar-refractivity contribution in [3.63, 3.8) is 0 Å². The third-order valence-corrected chi connectivity index (χ3v) is 5.81. The van der Waals surface area contributed by atoms with E-state index in [0.29, 0.717) is 13.1 Å². The predicted molar refractivity (Wildman–Crippen MR) is 79.1 cm³/mol. The molecule has 2 rings (SSSR count). The molecule has 4 nitrogen and oxygen atoms in total. The lowest BCUT2D eigenvalue weighted by Gasteiger charge is -2.16. The van der Waals surface area contributed by atoms with Gasteiger partial charge in [0.25, 0.3) is 0 Å². The van der Waals surface area contributed by atoms with E-state index in [1.54, 1.807) is 0 Å². The lowest BCUT2D eigenvalue weighted by molar-refractivity contribution is 0.215. The molecule has 0 amide bonds. The highest BCUT2D eigenvalue weighted by molar-refractivity contribution is 9.10. The first-order chi connectivity index (χ1) is 8.77. The zero-order valence-corrected chi connectivity index (χ0v) is 13.7. The van der Waals surface area contributed by atoms with Crippen LogP contribution in [0.2, 0.25) is 0 Å². The highest BCUT2D eigenvalue weighted by atomic mass is 79.9. The summed E-state index contributed by atoms with van der Waals surface area (Å²) in [7, 11) is -3.10. The minimum absolute atomic E-state index is 0.0605. The maximum atomic E-state index is 11.4. The van der Waals surface area contributed by atoms with Gasteiger partial charge in [0, 0.05) is 11.0 Å². The normalized spacial score (nSPS) is 20.7. The van der Waals surface area contributed by atoms with Gasteiger partial charge in [-0.3, -0.25) is 0 Å². The van der Waals surface area contributed by atoms with E-state index in [9.17, 15) is 8.42 Å². The second kappa shape index (κ2) is 5.42. The molecule has 0 radical (unpaired) electrons. The van der Waals surface area contributed by atoms with Gasteiger partial charge in [-0.1, -0.05) is 15.9 Å². The van der Waals surface area contributed by atoms with Crippen molar-refractivity contribution >= 4 is 26.0 Å². The van der Waals surface area contributed by atoms with Crippen LogP contribution in [0.1, 0.15) is 17.5 Å². The number of aryl methyl sites for hydroxylation is 2. The van der Waals surface area contributed by atoms with Crippen molar-refractivity contribution in [3.05, 3.63) is 27.7 Å². The van der Waals surface area contributed by atoms with E-state index < -0.39 is 10.0 Å². The molecule has 0 unspecified atom stereocenters. The van der Waals surface area contributed by atoms with Crippen molar-refractivity contribution in [2.45, 2.75) is 26.4 Å². The quantitative estimate of drug-likeness (QED) is 0.843. The Morgan fingerprint density at radius 3 is 2.37 bits per heavy atom. The zero-order chi connectivity index (χ0) is 14.2. The Bertz CT molecular complexity index is 563. The van der Waals surface area contributed by atoms with Crippen LogP contribution in [0.25, 0.3) is 0 Å². The van der Waals surface area contributed by atoms with Crippen LogP contribution in [-0.4, -0.2) is 38.2 Å². The Kier molecular flexibility index (Phi) is 4.23. The Balaban J connectivity index is 2.08. The molecule has 1 atom stereocenters. The molecule has 1 heterocycles. The summed E-state index contributed by atoms with van der Waals surface area (Å²) in [6.07, 6.45) is 1.92. The fourth-order valence-electron chi connectivity index (χ4n) is 2.26. The largest absolute Gasteiger partial charge is 0.489 e. The van der Waals surface area contributed by atoms with E-state index in [-0.39, 0.29) is 6.10 Å². The van der Waals surface area contributed by atoms with Crippen molar-refractivity contribution in [1.82, 2.24) is 4.31 Å². The smallest absolute Gasteiger partial charge is 0.211 e. The topological polar surface area (TPSA) is 46.6 Å². The molecule has 1 saturated heterocycles. The van der Waals surface area contributed by atoms with E-state index in [0.717, 1.165) is 27.8 Å². The molecule has 0 saturated carbocycles. The van der Waals surface area contributed by atoms with Gasteiger partial charge in [0.2, 0.25) is 10.0 Å². The van der Waals surface area contributed by atoms with Crippen molar-refractivity contribution in [2.24, 2.45) is 0 Å². The summed E-state index contributed by atoms with van der Waals surface area (Å²) >= 11 is 3.52. The fraction of sp³-hybridized carbons (Fsp3) is 0.538. The molecule has 1 aliphatic heterocycles. The standard InChI is InChI=1S/C13H18BrNO3S/c1-9-6-12(7-10(2)13(9)14)18-11-4-5-15(8-11)19(3,16)17/h6-7,11H,4-5,8H2,1-3H3/t11-/m1/s1. The SMILES string of the molecule is Cc1cc(O[C@@H]2CCN(S(C)(=O)=O)C2)cc(C)c1Br. The Morgan fingerprint density at radius 2 is 1.89 bits per heavy atom. The van der Waals surface area contributed by atoms with Gasteiger partial charge in [-0.25, -0.2) is 8.42 Å². The number of hydrogen-bond acceptors (Lipinski definition) is 3. The van der Waals surface area contributed by atoms with Crippen LogP contribution in [0.15, 0.2) is 16.6 Å². The molecule has 0 aromatic heterocycles. The molecule has 0 N–H and O–H groups in total. The summed E-state index contributed by atoms with van der Waals surface area (Å²) in [5.74, 6) is 0.804. The number of sulfonamides is 1. The summed E-state index contributed by atoms with van der Waals surface area (Å²) in [5.41, 5.74) is 2.24. The number of halogens is 1. The van der Waals surface area contributed by atoms with E-state index in [2.05, 4.69) is 15.9 Å². The monoisotopic (exact) mass is 347 g/mol. The second-order valence-corrected chi connectivity index (χ2v) is 7.80. The van der Waals surface area contributed by atoms with Gasteiger partial charge in [0.15, 0.2) is 0 Å². The third-order valence-electron chi connectivity index (χ3n) is 3.29. The van der Waals surface area contributed by atoms with Gasteiger partial charge in [-0.2, -0.15) is 4.31 Å². The Hall–Kier alpha value is -0.590. The van der Waals surface area contributed by atoms with Crippen molar-refractivity contribution in [1.29, 1.82) is 0 Å². The lowest BCUT2D eigenvalue weighted by atomic mass is 10.1. The first kappa shape index (κ1) is 14.8. The summed E-state index contributed by atoms with van der Waals surface area (Å²) < 4.78 is 31.3. The van der Waals surface area contributed by atoms with Crippen molar-refractivity contribution in [2.75, 3.05) is 19.3 Å². The maximum absolute atomic E-state index is 11.4. The molecular weight excluding hydrogens is 330 g/mol. The van der Waals surface area contributed by atoms with Crippen LogP contribution >= 0.6 is 15.9 Å². The van der Waals surface area contributed by atoms with Gasteiger partial charge in [-0.15, -0.1) is 0 Å². The van der Waals surface area contributed by atoms with Crippen LogP contribution < -0.4 is 4.74 Å².